The number of nitrogens with zero attached hydrogens (tertiary/aromatic N) is 2. The zero-order chi connectivity index (χ0) is 18.2. The fourth-order valence-corrected chi connectivity index (χ4v) is 3.49. The molecule has 0 N–H and O–H groups in total. The zero-order valence-electron chi connectivity index (χ0n) is 13.4. The number of pyridine rings is 1. The number of aldehydes is 1. The first-order valence-electron chi connectivity index (χ1n) is 7.82. The van der Waals surface area contributed by atoms with Crippen LogP contribution in [0.2, 0.25) is 5.02 Å². The number of aromatic nitrogens is 1. The van der Waals surface area contributed by atoms with Crippen molar-refractivity contribution in [2.24, 2.45) is 11.8 Å². The molecule has 1 aliphatic heterocycles. The number of hydrogen-bond donors (Lipinski definition) is 0. The van der Waals surface area contributed by atoms with Crippen LogP contribution in [-0.4, -0.2) is 30.7 Å². The Bertz CT molecular complexity index is 797. The summed E-state index contributed by atoms with van der Waals surface area (Å²) in [6.07, 6.45) is -1.64. The van der Waals surface area contributed by atoms with Gasteiger partial charge in [-0.3, -0.25) is 4.98 Å². The molecule has 0 spiro atoms. The molecule has 2 unspecified atom stereocenters. The summed E-state index contributed by atoms with van der Waals surface area (Å²) in [5.41, 5.74) is 1.09. The molecule has 1 fully saturated rings. The molecule has 4 nitrogen and oxygen atoms in total. The summed E-state index contributed by atoms with van der Waals surface area (Å²) in [4.78, 5) is 17.3. The lowest BCUT2D eigenvalue weighted by Gasteiger charge is -2.37. The fraction of sp³-hybridized carbons (Fsp3) is 0.412. The van der Waals surface area contributed by atoms with Gasteiger partial charge in [0, 0.05) is 36.7 Å². The van der Waals surface area contributed by atoms with Crippen LogP contribution >= 0.6 is 11.6 Å². The Morgan fingerprint density at radius 2 is 2.16 bits per heavy atom. The van der Waals surface area contributed by atoms with Crippen molar-refractivity contribution in [3.05, 3.63) is 29.4 Å². The van der Waals surface area contributed by atoms with Crippen molar-refractivity contribution in [2.45, 2.75) is 19.7 Å². The maximum atomic E-state index is 12.4. The molecular formula is C17H16ClF3N2O2. The molecule has 0 saturated carbocycles. The molecule has 2 atom stereocenters. The number of piperidine rings is 1. The molecule has 25 heavy (non-hydrogen) atoms. The fourth-order valence-electron chi connectivity index (χ4n) is 3.22. The van der Waals surface area contributed by atoms with Crippen molar-refractivity contribution in [1.82, 2.24) is 4.98 Å². The number of carbonyl (C=O) groups excluding carboxylic acids is 1. The highest BCUT2D eigenvalue weighted by Crippen LogP contribution is 2.38. The molecule has 0 radical (unpaired) electrons. The van der Waals surface area contributed by atoms with Gasteiger partial charge < -0.3 is 14.4 Å². The van der Waals surface area contributed by atoms with Gasteiger partial charge in [-0.05, 0) is 24.5 Å². The molecule has 0 bridgehead atoms. The van der Waals surface area contributed by atoms with Gasteiger partial charge in [0.1, 0.15) is 12.0 Å². The highest BCUT2D eigenvalue weighted by Gasteiger charge is 2.32. The van der Waals surface area contributed by atoms with Crippen LogP contribution in [-0.2, 0) is 4.79 Å². The molecule has 1 aliphatic rings. The second kappa shape index (κ2) is 6.71. The van der Waals surface area contributed by atoms with E-state index in [1.807, 2.05) is 6.92 Å². The predicted octanol–water partition coefficient (Wildman–Crippen LogP) is 4.45. The number of anilines is 1. The standard InChI is InChI=1S/C17H16ClF3N2O2/c1-10-8-23(5-4-11(10)9-24)16-13-3-2-12(25-17(19,20)21)6-15(13)22-7-14(16)18/h2-3,6-7,9-11H,4-5,8H2,1H3. The smallest absolute Gasteiger partial charge is 0.406 e. The van der Waals surface area contributed by atoms with Gasteiger partial charge in [-0.2, -0.15) is 0 Å². The number of ether oxygens (including phenoxy) is 1. The first-order valence-corrected chi connectivity index (χ1v) is 8.20. The van der Waals surface area contributed by atoms with Crippen molar-refractivity contribution in [2.75, 3.05) is 18.0 Å². The summed E-state index contributed by atoms with van der Waals surface area (Å²) >= 11 is 6.32. The number of fused-ring (bicyclic) bond motifs is 1. The van der Waals surface area contributed by atoms with E-state index in [9.17, 15) is 18.0 Å². The predicted molar refractivity (Wildman–Crippen MR) is 89.0 cm³/mol. The first kappa shape index (κ1) is 17.8. The summed E-state index contributed by atoms with van der Waals surface area (Å²) in [5.74, 6) is -0.151. The quantitative estimate of drug-likeness (QED) is 0.747. The molecule has 3 rings (SSSR count). The maximum absolute atomic E-state index is 12.4. The van der Waals surface area contributed by atoms with E-state index in [1.54, 1.807) is 0 Å². The lowest BCUT2D eigenvalue weighted by Crippen LogP contribution is -2.40. The van der Waals surface area contributed by atoms with Gasteiger partial charge in [0.25, 0.3) is 0 Å². The average molecular weight is 373 g/mol. The van der Waals surface area contributed by atoms with E-state index in [4.69, 9.17) is 11.6 Å². The molecule has 0 aliphatic carbocycles. The van der Waals surface area contributed by atoms with Gasteiger partial charge in [0.15, 0.2) is 0 Å². The van der Waals surface area contributed by atoms with Gasteiger partial charge in [0.05, 0.1) is 16.2 Å². The summed E-state index contributed by atoms with van der Waals surface area (Å²) in [6.45, 7) is 3.29. The number of alkyl halides is 3. The normalized spacial score (nSPS) is 21.4. The van der Waals surface area contributed by atoms with Crippen LogP contribution in [0.4, 0.5) is 18.9 Å². The van der Waals surface area contributed by atoms with Gasteiger partial charge in [-0.15, -0.1) is 13.2 Å². The summed E-state index contributed by atoms with van der Waals surface area (Å²) < 4.78 is 41.1. The molecule has 0 amide bonds. The summed E-state index contributed by atoms with van der Waals surface area (Å²) in [7, 11) is 0. The molecule has 1 aromatic carbocycles. The lowest BCUT2D eigenvalue weighted by atomic mass is 9.88. The second-order valence-electron chi connectivity index (χ2n) is 6.19. The zero-order valence-corrected chi connectivity index (χ0v) is 14.1. The molecule has 2 aromatic rings. The third kappa shape index (κ3) is 3.81. The second-order valence-corrected chi connectivity index (χ2v) is 6.60. The van der Waals surface area contributed by atoms with E-state index in [0.717, 1.165) is 12.0 Å². The van der Waals surface area contributed by atoms with Crippen LogP contribution in [0.5, 0.6) is 5.75 Å². The number of benzene rings is 1. The SMILES string of the molecule is CC1CN(c2c(Cl)cnc3cc(OC(F)(F)F)ccc23)CCC1C=O. The van der Waals surface area contributed by atoms with Crippen molar-refractivity contribution < 1.29 is 22.7 Å². The summed E-state index contributed by atoms with van der Waals surface area (Å²) in [6, 6.07) is 4.02. The van der Waals surface area contributed by atoms with Crippen molar-refractivity contribution in [1.29, 1.82) is 0 Å². The van der Waals surface area contributed by atoms with E-state index in [-0.39, 0.29) is 17.6 Å². The minimum Gasteiger partial charge on any atom is -0.406 e. The average Bonchev–Trinajstić information content (AvgIpc) is 2.53. The van der Waals surface area contributed by atoms with Crippen molar-refractivity contribution >= 4 is 34.5 Å². The number of halogens is 4. The molecule has 1 saturated heterocycles. The number of hydrogen-bond acceptors (Lipinski definition) is 4. The van der Waals surface area contributed by atoms with Crippen LogP contribution in [0.3, 0.4) is 0 Å². The molecule has 2 heterocycles. The van der Waals surface area contributed by atoms with E-state index < -0.39 is 6.36 Å². The van der Waals surface area contributed by atoms with Crippen LogP contribution in [0.25, 0.3) is 10.9 Å². The topological polar surface area (TPSA) is 42.4 Å². The number of carbonyl (C=O) groups is 1. The van der Waals surface area contributed by atoms with Gasteiger partial charge >= 0.3 is 6.36 Å². The van der Waals surface area contributed by atoms with Crippen molar-refractivity contribution in [3.63, 3.8) is 0 Å². The minimum atomic E-state index is -4.75. The highest BCUT2D eigenvalue weighted by molar-refractivity contribution is 6.34. The Labute approximate surface area is 147 Å². The first-order chi connectivity index (χ1) is 11.8. The number of rotatable bonds is 3. The van der Waals surface area contributed by atoms with Crippen LogP contribution < -0.4 is 9.64 Å². The van der Waals surface area contributed by atoms with Crippen LogP contribution in [0.15, 0.2) is 24.4 Å². The van der Waals surface area contributed by atoms with Crippen LogP contribution in [0.1, 0.15) is 13.3 Å². The minimum absolute atomic E-state index is 0.00918. The van der Waals surface area contributed by atoms with Gasteiger partial charge in [-0.25, -0.2) is 0 Å². The van der Waals surface area contributed by atoms with E-state index >= 15 is 0 Å². The molecule has 1 aromatic heterocycles. The largest absolute Gasteiger partial charge is 0.573 e. The third-order valence-electron chi connectivity index (χ3n) is 4.46. The van der Waals surface area contributed by atoms with E-state index in [0.29, 0.717) is 35.4 Å². The van der Waals surface area contributed by atoms with E-state index in [2.05, 4.69) is 14.6 Å². The molecule has 8 heteroatoms. The summed E-state index contributed by atoms with van der Waals surface area (Å²) in [5, 5.41) is 1.08. The lowest BCUT2D eigenvalue weighted by molar-refractivity contribution is -0.274. The Kier molecular flexibility index (Phi) is 4.77. The van der Waals surface area contributed by atoms with Crippen molar-refractivity contribution in [3.8, 4) is 5.75 Å². The van der Waals surface area contributed by atoms with Gasteiger partial charge in [-0.1, -0.05) is 18.5 Å². The van der Waals surface area contributed by atoms with E-state index in [1.165, 1.54) is 24.4 Å². The Morgan fingerprint density at radius 3 is 2.80 bits per heavy atom. The Balaban J connectivity index is 1.98. The molecule has 134 valence electrons. The highest BCUT2D eigenvalue weighted by atomic mass is 35.5. The Hall–Kier alpha value is -2.02. The van der Waals surface area contributed by atoms with Gasteiger partial charge in [0.2, 0.25) is 0 Å². The monoisotopic (exact) mass is 372 g/mol. The van der Waals surface area contributed by atoms with Crippen LogP contribution in [0, 0.1) is 11.8 Å². The third-order valence-corrected chi connectivity index (χ3v) is 4.74. The maximum Gasteiger partial charge on any atom is 0.573 e. The Morgan fingerprint density at radius 1 is 1.40 bits per heavy atom. The molecular weight excluding hydrogens is 357 g/mol.